The van der Waals surface area contributed by atoms with E-state index in [1.807, 2.05) is 0 Å². The number of furan rings is 1. The van der Waals surface area contributed by atoms with Crippen LogP contribution < -0.4 is 4.90 Å². The molecule has 0 saturated carbocycles. The van der Waals surface area contributed by atoms with E-state index in [4.69, 9.17) is 4.42 Å². The normalized spacial score (nSPS) is 11.6. The second-order valence-electron chi connectivity index (χ2n) is 14.5. The highest BCUT2D eigenvalue weighted by Crippen LogP contribution is 2.44. The molecule has 0 amide bonds. The van der Waals surface area contributed by atoms with Crippen molar-refractivity contribution in [1.82, 2.24) is 0 Å². The standard InChI is InChI=1S/C54H35NO/c1-2-12-36(13-3-1)40-16-10-17-43(34-40)55(42-29-24-39(25-30-42)45-21-11-22-48-44-18-6-4-14-37(44)26-31-49(45)48)52-23-9-8-19-46(52)41-28-33-53-51(35-41)50-32-27-38-15-5-7-20-47(38)54(50)56-53/h1-35H. The van der Waals surface area contributed by atoms with E-state index >= 15 is 0 Å². The second kappa shape index (κ2) is 13.2. The molecule has 262 valence electrons. The number of rotatable bonds is 6. The summed E-state index contributed by atoms with van der Waals surface area (Å²) in [7, 11) is 0. The monoisotopic (exact) mass is 713 g/mol. The molecule has 0 atom stereocenters. The Bertz CT molecular complexity index is 3250. The fraction of sp³-hybridized carbons (Fsp3) is 0. The molecule has 2 nitrogen and oxygen atoms in total. The van der Waals surface area contributed by atoms with Crippen LogP contribution in [-0.2, 0) is 0 Å². The molecule has 0 unspecified atom stereocenters. The zero-order valence-electron chi connectivity index (χ0n) is 30.6. The van der Waals surface area contributed by atoms with Gasteiger partial charge in [-0.05, 0) is 103 Å². The quantitative estimate of drug-likeness (QED) is 0.160. The van der Waals surface area contributed by atoms with Crippen LogP contribution in [0.3, 0.4) is 0 Å². The molecule has 0 spiro atoms. The highest BCUT2D eigenvalue weighted by molar-refractivity contribution is 6.16. The van der Waals surface area contributed by atoms with E-state index in [0.29, 0.717) is 0 Å². The Balaban J connectivity index is 1.07. The molecule has 56 heavy (non-hydrogen) atoms. The van der Waals surface area contributed by atoms with Crippen LogP contribution in [0.1, 0.15) is 0 Å². The number of anilines is 3. The number of fused-ring (bicyclic) bond motifs is 8. The minimum absolute atomic E-state index is 0.891. The summed E-state index contributed by atoms with van der Waals surface area (Å²) in [4.78, 5) is 2.40. The summed E-state index contributed by atoms with van der Waals surface area (Å²) in [6, 6.07) is 76.5. The van der Waals surface area contributed by atoms with Crippen molar-refractivity contribution < 1.29 is 4.42 Å². The van der Waals surface area contributed by atoms with Gasteiger partial charge in [-0.15, -0.1) is 0 Å². The van der Waals surface area contributed by atoms with Crippen molar-refractivity contribution in [2.75, 3.05) is 4.90 Å². The lowest BCUT2D eigenvalue weighted by atomic mass is 9.94. The summed E-state index contributed by atoms with van der Waals surface area (Å²) >= 11 is 0. The zero-order chi connectivity index (χ0) is 37.0. The van der Waals surface area contributed by atoms with Crippen LogP contribution in [0.15, 0.2) is 217 Å². The third-order valence-electron chi connectivity index (χ3n) is 11.3. The lowest BCUT2D eigenvalue weighted by Crippen LogP contribution is -2.11. The third-order valence-corrected chi connectivity index (χ3v) is 11.3. The molecule has 0 aliphatic carbocycles. The highest BCUT2D eigenvalue weighted by Gasteiger charge is 2.20. The van der Waals surface area contributed by atoms with Gasteiger partial charge in [-0.25, -0.2) is 0 Å². The Morgan fingerprint density at radius 2 is 0.946 bits per heavy atom. The largest absolute Gasteiger partial charge is 0.455 e. The van der Waals surface area contributed by atoms with Crippen molar-refractivity contribution in [2.24, 2.45) is 0 Å². The Morgan fingerprint density at radius 3 is 1.80 bits per heavy atom. The van der Waals surface area contributed by atoms with E-state index in [-0.39, 0.29) is 0 Å². The molecule has 11 rings (SSSR count). The van der Waals surface area contributed by atoms with Gasteiger partial charge in [0.05, 0.1) is 5.69 Å². The number of hydrogen-bond acceptors (Lipinski definition) is 2. The van der Waals surface area contributed by atoms with Crippen molar-refractivity contribution in [3.8, 4) is 33.4 Å². The molecule has 0 aliphatic heterocycles. The summed E-state index contributed by atoms with van der Waals surface area (Å²) in [6.07, 6.45) is 0. The molecule has 0 saturated heterocycles. The molecular formula is C54H35NO. The predicted octanol–water partition coefficient (Wildman–Crippen LogP) is 15.5. The summed E-state index contributed by atoms with van der Waals surface area (Å²) < 4.78 is 6.51. The Morgan fingerprint density at radius 1 is 0.304 bits per heavy atom. The minimum Gasteiger partial charge on any atom is -0.455 e. The van der Waals surface area contributed by atoms with Gasteiger partial charge in [-0.2, -0.15) is 0 Å². The predicted molar refractivity (Wildman–Crippen MR) is 237 cm³/mol. The van der Waals surface area contributed by atoms with E-state index < -0.39 is 0 Å². The van der Waals surface area contributed by atoms with Gasteiger partial charge in [0.25, 0.3) is 0 Å². The Labute approximate surface area is 325 Å². The summed E-state index contributed by atoms with van der Waals surface area (Å²) in [6.45, 7) is 0. The van der Waals surface area contributed by atoms with Crippen LogP contribution in [0.5, 0.6) is 0 Å². The van der Waals surface area contributed by atoms with E-state index in [1.165, 1.54) is 49.2 Å². The Kier molecular flexibility index (Phi) is 7.53. The van der Waals surface area contributed by atoms with Gasteiger partial charge >= 0.3 is 0 Å². The highest BCUT2D eigenvalue weighted by atomic mass is 16.3. The first-order valence-electron chi connectivity index (χ1n) is 19.2. The van der Waals surface area contributed by atoms with Crippen molar-refractivity contribution >= 4 is 71.3 Å². The van der Waals surface area contributed by atoms with Crippen molar-refractivity contribution in [2.45, 2.75) is 0 Å². The van der Waals surface area contributed by atoms with Gasteiger partial charge in [-0.3, -0.25) is 0 Å². The fourth-order valence-corrected chi connectivity index (χ4v) is 8.55. The van der Waals surface area contributed by atoms with E-state index in [2.05, 4.69) is 217 Å². The SMILES string of the molecule is c1ccc(-c2cccc(N(c3ccc(-c4cccc5c4ccc4ccccc45)cc3)c3ccccc3-c3ccc4oc5c6ccccc6ccc5c4c3)c2)cc1. The molecule has 0 bridgehead atoms. The number of nitrogens with zero attached hydrogens (tertiary/aromatic N) is 1. The topological polar surface area (TPSA) is 16.4 Å². The first-order valence-corrected chi connectivity index (χ1v) is 19.2. The first kappa shape index (κ1) is 32.0. The molecular weight excluding hydrogens is 679 g/mol. The molecule has 10 aromatic carbocycles. The van der Waals surface area contributed by atoms with Crippen molar-refractivity contribution in [3.63, 3.8) is 0 Å². The maximum absolute atomic E-state index is 6.51. The minimum atomic E-state index is 0.891. The van der Waals surface area contributed by atoms with Gasteiger partial charge in [-0.1, -0.05) is 164 Å². The third kappa shape index (κ3) is 5.34. The van der Waals surface area contributed by atoms with Gasteiger partial charge in [0, 0.05) is 33.1 Å². The van der Waals surface area contributed by atoms with Crippen molar-refractivity contribution in [3.05, 3.63) is 212 Å². The maximum atomic E-state index is 6.51. The zero-order valence-corrected chi connectivity index (χ0v) is 30.6. The van der Waals surface area contributed by atoms with Crippen LogP contribution in [0.25, 0.3) is 87.6 Å². The van der Waals surface area contributed by atoms with E-state index in [0.717, 1.165) is 55.5 Å². The lowest BCUT2D eigenvalue weighted by Gasteiger charge is -2.28. The molecule has 0 fully saturated rings. The number of hydrogen-bond donors (Lipinski definition) is 0. The van der Waals surface area contributed by atoms with Crippen LogP contribution in [0, 0.1) is 0 Å². The van der Waals surface area contributed by atoms with E-state index in [1.54, 1.807) is 0 Å². The van der Waals surface area contributed by atoms with Crippen LogP contribution in [-0.4, -0.2) is 0 Å². The van der Waals surface area contributed by atoms with Gasteiger partial charge in [0.15, 0.2) is 0 Å². The molecule has 1 heterocycles. The average molecular weight is 714 g/mol. The van der Waals surface area contributed by atoms with Gasteiger partial charge in [0.2, 0.25) is 0 Å². The summed E-state index contributed by atoms with van der Waals surface area (Å²) in [5.41, 5.74) is 12.1. The fourth-order valence-electron chi connectivity index (χ4n) is 8.55. The molecule has 1 aromatic heterocycles. The molecule has 2 heteroatoms. The molecule has 11 aromatic rings. The molecule has 0 radical (unpaired) electrons. The second-order valence-corrected chi connectivity index (χ2v) is 14.5. The Hall–Kier alpha value is -7.42. The van der Waals surface area contributed by atoms with Crippen LogP contribution in [0.2, 0.25) is 0 Å². The first-order chi connectivity index (χ1) is 27.8. The number of para-hydroxylation sites is 1. The smallest absolute Gasteiger partial charge is 0.143 e. The lowest BCUT2D eigenvalue weighted by molar-refractivity contribution is 0.672. The van der Waals surface area contributed by atoms with Crippen molar-refractivity contribution in [1.29, 1.82) is 0 Å². The number of benzene rings is 10. The van der Waals surface area contributed by atoms with Crippen LogP contribution >= 0.6 is 0 Å². The summed E-state index contributed by atoms with van der Waals surface area (Å²) in [5.74, 6) is 0. The van der Waals surface area contributed by atoms with E-state index in [9.17, 15) is 0 Å². The van der Waals surface area contributed by atoms with Crippen LogP contribution in [0.4, 0.5) is 17.1 Å². The average Bonchev–Trinajstić information content (AvgIpc) is 3.66. The molecule has 0 aliphatic rings. The van der Waals surface area contributed by atoms with Gasteiger partial charge in [0.1, 0.15) is 11.2 Å². The molecule has 0 N–H and O–H groups in total. The maximum Gasteiger partial charge on any atom is 0.143 e. The summed E-state index contributed by atoms with van der Waals surface area (Å²) in [5, 5.41) is 9.62. The van der Waals surface area contributed by atoms with Gasteiger partial charge < -0.3 is 9.32 Å².